The first-order chi connectivity index (χ1) is 8.81. The summed E-state index contributed by atoms with van der Waals surface area (Å²) in [6.45, 7) is 3.43. The van der Waals surface area contributed by atoms with Crippen LogP contribution in [-0.4, -0.2) is 16.6 Å². The average molecular weight is 247 g/mol. The lowest BCUT2D eigenvalue weighted by atomic mass is 10.3. The fraction of sp³-hybridized carbons (Fsp3) is 0.308. The van der Waals surface area contributed by atoms with Crippen LogP contribution in [0.15, 0.2) is 30.5 Å². The molecule has 0 aliphatic carbocycles. The highest BCUT2D eigenvalue weighted by Gasteiger charge is 2.01. The van der Waals surface area contributed by atoms with Gasteiger partial charge >= 0.3 is 0 Å². The Labute approximate surface area is 106 Å². The Morgan fingerprint density at radius 2 is 2.06 bits per heavy atom. The predicted octanol–water partition coefficient (Wildman–Crippen LogP) is 1.85. The number of benzene rings is 1. The number of nitrogens with zero attached hydrogens (tertiary/aromatic N) is 1. The van der Waals surface area contributed by atoms with Gasteiger partial charge in [-0.3, -0.25) is 0 Å². The Hall–Kier alpha value is -2.01. The van der Waals surface area contributed by atoms with Crippen LogP contribution in [0, 0.1) is 0 Å². The molecule has 0 unspecified atom stereocenters. The molecule has 1 aromatic heterocycles. The average Bonchev–Trinajstić information content (AvgIpc) is 2.85. The van der Waals surface area contributed by atoms with Gasteiger partial charge in [0.05, 0.1) is 6.61 Å². The molecule has 0 bridgehead atoms. The monoisotopic (exact) mass is 247 g/mol. The van der Waals surface area contributed by atoms with Crippen LogP contribution in [-0.2, 0) is 13.2 Å². The maximum Gasteiger partial charge on any atom is 0.146 e. The standard InChI is InChI=1S/C13H17N3O2/c1-2-17-11-4-3-5-12(6-11)18-9-13-15-8-10(7-14)16-13/h3-6,8H,2,7,9,14H2,1H3,(H,15,16). The molecule has 0 fully saturated rings. The van der Waals surface area contributed by atoms with Gasteiger partial charge in [0, 0.05) is 24.5 Å². The van der Waals surface area contributed by atoms with Crippen LogP contribution in [0.4, 0.5) is 0 Å². The summed E-state index contributed by atoms with van der Waals surface area (Å²) in [6.07, 6.45) is 1.72. The van der Waals surface area contributed by atoms with Crippen LogP contribution < -0.4 is 15.2 Å². The van der Waals surface area contributed by atoms with Gasteiger partial charge in [-0.1, -0.05) is 6.07 Å². The van der Waals surface area contributed by atoms with Crippen molar-refractivity contribution in [1.82, 2.24) is 9.97 Å². The molecule has 5 nitrogen and oxygen atoms in total. The van der Waals surface area contributed by atoms with E-state index in [2.05, 4.69) is 9.97 Å². The SMILES string of the molecule is CCOc1cccc(OCc2ncc(CN)[nH]2)c1. The van der Waals surface area contributed by atoms with Crippen molar-refractivity contribution in [2.45, 2.75) is 20.1 Å². The van der Waals surface area contributed by atoms with Gasteiger partial charge in [-0.05, 0) is 19.1 Å². The largest absolute Gasteiger partial charge is 0.494 e. The number of hydrogen-bond acceptors (Lipinski definition) is 4. The quantitative estimate of drug-likeness (QED) is 0.817. The van der Waals surface area contributed by atoms with Crippen molar-refractivity contribution >= 4 is 0 Å². The summed E-state index contributed by atoms with van der Waals surface area (Å²) >= 11 is 0. The van der Waals surface area contributed by atoms with Crippen molar-refractivity contribution in [3.63, 3.8) is 0 Å². The maximum atomic E-state index is 5.62. The molecule has 18 heavy (non-hydrogen) atoms. The fourth-order valence-electron chi connectivity index (χ4n) is 1.55. The number of nitrogens with one attached hydrogen (secondary N) is 1. The lowest BCUT2D eigenvalue weighted by Gasteiger charge is -2.07. The van der Waals surface area contributed by atoms with Crippen LogP contribution in [0.2, 0.25) is 0 Å². The number of imidazole rings is 1. The van der Waals surface area contributed by atoms with Crippen molar-refractivity contribution in [1.29, 1.82) is 0 Å². The molecule has 2 aromatic rings. The number of hydrogen-bond donors (Lipinski definition) is 2. The molecule has 1 aromatic carbocycles. The predicted molar refractivity (Wildman–Crippen MR) is 68.4 cm³/mol. The number of ether oxygens (including phenoxy) is 2. The number of H-pyrrole nitrogens is 1. The molecular formula is C13H17N3O2. The highest BCUT2D eigenvalue weighted by molar-refractivity contribution is 5.32. The summed E-state index contributed by atoms with van der Waals surface area (Å²) in [5.74, 6) is 2.32. The first-order valence-corrected chi connectivity index (χ1v) is 5.90. The zero-order chi connectivity index (χ0) is 12.8. The zero-order valence-electron chi connectivity index (χ0n) is 10.3. The number of aromatic amines is 1. The zero-order valence-corrected chi connectivity index (χ0v) is 10.3. The summed E-state index contributed by atoms with van der Waals surface area (Å²) in [5, 5.41) is 0. The van der Waals surface area contributed by atoms with Gasteiger partial charge in [0.15, 0.2) is 0 Å². The van der Waals surface area contributed by atoms with Crippen molar-refractivity contribution in [3.05, 3.63) is 42.0 Å². The maximum absolute atomic E-state index is 5.62. The second-order valence-electron chi connectivity index (χ2n) is 3.76. The van der Waals surface area contributed by atoms with E-state index >= 15 is 0 Å². The Morgan fingerprint density at radius 3 is 2.72 bits per heavy atom. The molecule has 1 heterocycles. The Kier molecular flexibility index (Phi) is 4.20. The summed E-state index contributed by atoms with van der Waals surface area (Å²) < 4.78 is 11.0. The van der Waals surface area contributed by atoms with Crippen LogP contribution in [0.1, 0.15) is 18.4 Å². The minimum Gasteiger partial charge on any atom is -0.494 e. The molecule has 0 spiro atoms. The lowest BCUT2D eigenvalue weighted by Crippen LogP contribution is -2.00. The van der Waals surface area contributed by atoms with E-state index in [0.717, 1.165) is 23.0 Å². The summed E-state index contributed by atoms with van der Waals surface area (Å²) in [6, 6.07) is 7.54. The highest BCUT2D eigenvalue weighted by atomic mass is 16.5. The second kappa shape index (κ2) is 6.07. The van der Waals surface area contributed by atoms with Gasteiger partial charge < -0.3 is 20.2 Å². The lowest BCUT2D eigenvalue weighted by molar-refractivity contribution is 0.291. The molecule has 0 saturated heterocycles. The molecule has 0 atom stereocenters. The molecule has 0 amide bonds. The Bertz CT molecular complexity index is 496. The molecule has 2 rings (SSSR count). The van der Waals surface area contributed by atoms with E-state index < -0.39 is 0 Å². The minimum atomic E-state index is 0.385. The van der Waals surface area contributed by atoms with E-state index in [9.17, 15) is 0 Å². The molecular weight excluding hydrogens is 230 g/mol. The van der Waals surface area contributed by atoms with E-state index in [1.165, 1.54) is 0 Å². The normalized spacial score (nSPS) is 10.3. The molecule has 5 heteroatoms. The fourth-order valence-corrected chi connectivity index (χ4v) is 1.55. The molecule has 0 aliphatic heterocycles. The van der Waals surface area contributed by atoms with E-state index in [1.807, 2.05) is 31.2 Å². The Balaban J connectivity index is 1.94. The molecule has 96 valence electrons. The van der Waals surface area contributed by atoms with Crippen molar-refractivity contribution < 1.29 is 9.47 Å². The van der Waals surface area contributed by atoms with E-state index in [4.69, 9.17) is 15.2 Å². The van der Waals surface area contributed by atoms with Gasteiger partial charge in [-0.2, -0.15) is 0 Å². The van der Waals surface area contributed by atoms with Crippen molar-refractivity contribution in [2.24, 2.45) is 5.73 Å². The number of rotatable bonds is 6. The minimum absolute atomic E-state index is 0.385. The van der Waals surface area contributed by atoms with Gasteiger partial charge in [0.1, 0.15) is 23.9 Å². The van der Waals surface area contributed by atoms with Crippen LogP contribution >= 0.6 is 0 Å². The molecule has 0 aliphatic rings. The first-order valence-electron chi connectivity index (χ1n) is 5.90. The van der Waals surface area contributed by atoms with Crippen LogP contribution in [0.3, 0.4) is 0 Å². The number of aromatic nitrogens is 2. The van der Waals surface area contributed by atoms with E-state index in [1.54, 1.807) is 6.20 Å². The van der Waals surface area contributed by atoms with Gasteiger partial charge in [0.25, 0.3) is 0 Å². The molecule has 0 radical (unpaired) electrons. The van der Waals surface area contributed by atoms with Gasteiger partial charge in [-0.25, -0.2) is 4.98 Å². The van der Waals surface area contributed by atoms with Gasteiger partial charge in [-0.15, -0.1) is 0 Å². The summed E-state index contributed by atoms with van der Waals surface area (Å²) in [5.41, 5.74) is 6.39. The van der Waals surface area contributed by atoms with Crippen molar-refractivity contribution in [3.8, 4) is 11.5 Å². The van der Waals surface area contributed by atoms with Crippen LogP contribution in [0.25, 0.3) is 0 Å². The third-order valence-electron chi connectivity index (χ3n) is 2.39. The van der Waals surface area contributed by atoms with Crippen molar-refractivity contribution in [2.75, 3.05) is 6.61 Å². The summed E-state index contributed by atoms with van der Waals surface area (Å²) in [4.78, 5) is 7.25. The smallest absolute Gasteiger partial charge is 0.146 e. The van der Waals surface area contributed by atoms with E-state index in [-0.39, 0.29) is 0 Å². The van der Waals surface area contributed by atoms with Gasteiger partial charge in [0.2, 0.25) is 0 Å². The molecule has 3 N–H and O–H groups in total. The summed E-state index contributed by atoms with van der Waals surface area (Å²) in [7, 11) is 0. The highest BCUT2D eigenvalue weighted by Crippen LogP contribution is 2.20. The van der Waals surface area contributed by atoms with E-state index in [0.29, 0.717) is 19.8 Å². The third-order valence-corrected chi connectivity index (χ3v) is 2.39. The van der Waals surface area contributed by atoms with Crippen LogP contribution in [0.5, 0.6) is 11.5 Å². The Morgan fingerprint density at radius 1 is 1.28 bits per heavy atom. The first kappa shape index (κ1) is 12.4. The number of nitrogens with two attached hydrogens (primary N) is 1. The second-order valence-corrected chi connectivity index (χ2v) is 3.76. The third kappa shape index (κ3) is 3.24. The topological polar surface area (TPSA) is 73.2 Å². The molecule has 0 saturated carbocycles.